The van der Waals surface area contributed by atoms with Gasteiger partial charge in [0.2, 0.25) is 0 Å². The molecule has 0 radical (unpaired) electrons. The molecule has 1 aromatic carbocycles. The highest BCUT2D eigenvalue weighted by atomic mass is 16.5. The van der Waals surface area contributed by atoms with Crippen LogP contribution in [0.25, 0.3) is 0 Å². The molecule has 0 spiro atoms. The molecule has 1 atom stereocenters. The van der Waals surface area contributed by atoms with Gasteiger partial charge in [-0.2, -0.15) is 0 Å². The molecule has 0 heterocycles. The van der Waals surface area contributed by atoms with Crippen molar-refractivity contribution < 1.29 is 24.1 Å². The lowest BCUT2D eigenvalue weighted by Gasteiger charge is -2.14. The van der Waals surface area contributed by atoms with Crippen LogP contribution in [0.15, 0.2) is 24.3 Å². The van der Waals surface area contributed by atoms with E-state index in [1.165, 1.54) is 0 Å². The lowest BCUT2D eigenvalue weighted by molar-refractivity contribution is -0.109. The number of aliphatic hydroxyl groups excluding tert-OH is 1. The Bertz CT molecular complexity index is 353. The van der Waals surface area contributed by atoms with E-state index in [-0.39, 0.29) is 13.2 Å². The summed E-state index contributed by atoms with van der Waals surface area (Å²) in [5, 5.41) is 9.59. The van der Waals surface area contributed by atoms with E-state index in [9.17, 15) is 9.90 Å². The van der Waals surface area contributed by atoms with Crippen LogP contribution in [0.3, 0.4) is 0 Å². The van der Waals surface area contributed by atoms with Crippen LogP contribution in [0.5, 0.6) is 11.5 Å². The average Bonchev–Trinajstić information content (AvgIpc) is 2.41. The number of aldehydes is 1. The van der Waals surface area contributed by atoms with Gasteiger partial charge in [-0.05, 0) is 12.1 Å². The largest absolute Gasteiger partial charge is 0.493 e. The molecule has 1 N–H and O–H groups in total. The van der Waals surface area contributed by atoms with Gasteiger partial charge >= 0.3 is 0 Å². The SMILES string of the molecule is COc1ccccc1OCC(O)COCCC=O. The summed E-state index contributed by atoms with van der Waals surface area (Å²) in [5.41, 5.74) is 0. The van der Waals surface area contributed by atoms with E-state index < -0.39 is 6.10 Å². The summed E-state index contributed by atoms with van der Waals surface area (Å²) < 4.78 is 15.6. The Hall–Kier alpha value is -1.59. The van der Waals surface area contributed by atoms with E-state index in [4.69, 9.17) is 14.2 Å². The molecule has 0 saturated heterocycles. The van der Waals surface area contributed by atoms with Gasteiger partial charge in [-0.1, -0.05) is 12.1 Å². The van der Waals surface area contributed by atoms with Gasteiger partial charge in [-0.3, -0.25) is 0 Å². The molecule has 0 fully saturated rings. The van der Waals surface area contributed by atoms with E-state index >= 15 is 0 Å². The number of aliphatic hydroxyl groups is 1. The van der Waals surface area contributed by atoms with E-state index in [2.05, 4.69) is 0 Å². The molecule has 0 bridgehead atoms. The zero-order valence-corrected chi connectivity index (χ0v) is 10.4. The standard InChI is InChI=1S/C13H18O5/c1-16-12-5-2-3-6-13(12)18-10-11(15)9-17-8-4-7-14/h2-3,5-7,11,15H,4,8-10H2,1H3. The predicted molar refractivity (Wildman–Crippen MR) is 66.0 cm³/mol. The summed E-state index contributed by atoms with van der Waals surface area (Å²) in [6, 6.07) is 7.20. The molecular weight excluding hydrogens is 236 g/mol. The maximum atomic E-state index is 10.0. The number of hydrogen-bond donors (Lipinski definition) is 1. The Labute approximate surface area is 106 Å². The Morgan fingerprint density at radius 2 is 2.00 bits per heavy atom. The fraction of sp³-hybridized carbons (Fsp3) is 0.462. The van der Waals surface area contributed by atoms with Crippen molar-refractivity contribution >= 4 is 6.29 Å². The lowest BCUT2D eigenvalue weighted by atomic mass is 10.3. The van der Waals surface area contributed by atoms with E-state index in [1.807, 2.05) is 12.1 Å². The minimum absolute atomic E-state index is 0.113. The molecule has 0 aliphatic heterocycles. The number of carbonyl (C=O) groups is 1. The number of carbonyl (C=O) groups excluding carboxylic acids is 1. The third-order valence-electron chi connectivity index (χ3n) is 2.19. The molecule has 1 unspecified atom stereocenters. The van der Waals surface area contributed by atoms with Crippen LogP contribution in [-0.4, -0.2) is 44.4 Å². The van der Waals surface area contributed by atoms with E-state index in [1.54, 1.807) is 19.2 Å². The van der Waals surface area contributed by atoms with Crippen molar-refractivity contribution in [1.82, 2.24) is 0 Å². The van der Waals surface area contributed by atoms with Gasteiger partial charge in [-0.15, -0.1) is 0 Å². The second-order valence-electron chi connectivity index (χ2n) is 3.65. The Balaban J connectivity index is 2.28. The number of rotatable bonds is 9. The van der Waals surface area contributed by atoms with Crippen molar-refractivity contribution in [3.63, 3.8) is 0 Å². The summed E-state index contributed by atoms with van der Waals surface area (Å²) in [5.74, 6) is 1.19. The quantitative estimate of drug-likeness (QED) is 0.527. The van der Waals surface area contributed by atoms with Gasteiger partial charge in [-0.25, -0.2) is 0 Å². The third kappa shape index (κ3) is 5.16. The fourth-order valence-corrected chi connectivity index (χ4v) is 1.32. The summed E-state index contributed by atoms with van der Waals surface area (Å²) in [6.45, 7) is 0.569. The molecule has 0 aromatic heterocycles. The summed E-state index contributed by atoms with van der Waals surface area (Å²) >= 11 is 0. The Morgan fingerprint density at radius 3 is 2.67 bits per heavy atom. The molecule has 0 amide bonds. The first-order valence-corrected chi connectivity index (χ1v) is 5.73. The monoisotopic (exact) mass is 254 g/mol. The zero-order chi connectivity index (χ0) is 13.2. The lowest BCUT2D eigenvalue weighted by Crippen LogP contribution is -2.23. The fourth-order valence-electron chi connectivity index (χ4n) is 1.32. The van der Waals surface area contributed by atoms with Crippen LogP contribution in [-0.2, 0) is 9.53 Å². The van der Waals surface area contributed by atoms with Crippen molar-refractivity contribution in [2.45, 2.75) is 12.5 Å². The average molecular weight is 254 g/mol. The highest BCUT2D eigenvalue weighted by molar-refractivity contribution is 5.49. The van der Waals surface area contributed by atoms with Gasteiger partial charge in [0.1, 0.15) is 19.0 Å². The minimum atomic E-state index is -0.735. The number of para-hydroxylation sites is 2. The van der Waals surface area contributed by atoms with Crippen molar-refractivity contribution in [3.8, 4) is 11.5 Å². The first kappa shape index (κ1) is 14.5. The first-order valence-electron chi connectivity index (χ1n) is 5.73. The molecule has 5 heteroatoms. The topological polar surface area (TPSA) is 65.0 Å². The summed E-state index contributed by atoms with van der Waals surface area (Å²) in [6.07, 6.45) is 0.374. The van der Waals surface area contributed by atoms with Crippen molar-refractivity contribution in [1.29, 1.82) is 0 Å². The molecule has 1 aromatic rings. The van der Waals surface area contributed by atoms with E-state index in [0.717, 1.165) is 6.29 Å². The smallest absolute Gasteiger partial charge is 0.161 e. The van der Waals surface area contributed by atoms with Crippen LogP contribution < -0.4 is 9.47 Å². The molecule has 5 nitrogen and oxygen atoms in total. The van der Waals surface area contributed by atoms with Gasteiger partial charge in [0.15, 0.2) is 11.5 Å². The maximum Gasteiger partial charge on any atom is 0.161 e. The van der Waals surface area contributed by atoms with E-state index in [0.29, 0.717) is 24.5 Å². The number of methoxy groups -OCH3 is 1. The van der Waals surface area contributed by atoms with Crippen LogP contribution in [0, 0.1) is 0 Å². The predicted octanol–water partition coefficient (Wildman–Crippen LogP) is 1.04. The van der Waals surface area contributed by atoms with Crippen LogP contribution in [0.4, 0.5) is 0 Å². The van der Waals surface area contributed by atoms with Crippen molar-refractivity contribution in [2.24, 2.45) is 0 Å². The van der Waals surface area contributed by atoms with Crippen molar-refractivity contribution in [3.05, 3.63) is 24.3 Å². The van der Waals surface area contributed by atoms with Crippen LogP contribution in [0.2, 0.25) is 0 Å². The third-order valence-corrected chi connectivity index (χ3v) is 2.19. The Morgan fingerprint density at radius 1 is 1.28 bits per heavy atom. The molecule has 100 valence electrons. The number of hydrogen-bond acceptors (Lipinski definition) is 5. The molecule has 0 aliphatic rings. The summed E-state index contributed by atoms with van der Waals surface area (Å²) in [4.78, 5) is 10.0. The maximum absolute atomic E-state index is 10.0. The second-order valence-corrected chi connectivity index (χ2v) is 3.65. The van der Waals surface area contributed by atoms with Crippen molar-refractivity contribution in [2.75, 3.05) is 26.9 Å². The van der Waals surface area contributed by atoms with Gasteiger partial charge in [0.25, 0.3) is 0 Å². The highest BCUT2D eigenvalue weighted by Gasteiger charge is 2.08. The molecule has 1 rings (SSSR count). The molecular formula is C13H18O5. The minimum Gasteiger partial charge on any atom is -0.493 e. The Kier molecular flexibility index (Phi) is 6.83. The van der Waals surface area contributed by atoms with Gasteiger partial charge < -0.3 is 24.1 Å². The molecule has 0 saturated carbocycles. The summed E-state index contributed by atoms with van der Waals surface area (Å²) in [7, 11) is 1.56. The second kappa shape index (κ2) is 8.49. The first-order chi connectivity index (χ1) is 8.77. The van der Waals surface area contributed by atoms with Crippen LogP contribution >= 0.6 is 0 Å². The normalized spacial score (nSPS) is 11.9. The molecule has 18 heavy (non-hydrogen) atoms. The molecule has 0 aliphatic carbocycles. The van der Waals surface area contributed by atoms with Gasteiger partial charge in [0, 0.05) is 6.42 Å². The number of ether oxygens (including phenoxy) is 3. The van der Waals surface area contributed by atoms with Gasteiger partial charge in [0.05, 0.1) is 20.3 Å². The number of benzene rings is 1. The highest BCUT2D eigenvalue weighted by Crippen LogP contribution is 2.25. The van der Waals surface area contributed by atoms with Crippen LogP contribution in [0.1, 0.15) is 6.42 Å². The zero-order valence-electron chi connectivity index (χ0n) is 10.4.